The molecule has 1 aliphatic heterocycles. The minimum Gasteiger partial charge on any atom is -0.381 e. The summed E-state index contributed by atoms with van der Waals surface area (Å²) in [7, 11) is 0. The van der Waals surface area contributed by atoms with Gasteiger partial charge in [0, 0.05) is 11.8 Å². The molecule has 0 saturated carbocycles. The first-order valence-corrected chi connectivity index (χ1v) is 5.62. The van der Waals surface area contributed by atoms with Crippen LogP contribution in [0.5, 0.6) is 0 Å². The number of hydrogen-bond donors (Lipinski definition) is 3. The lowest BCUT2D eigenvalue weighted by Gasteiger charge is -2.34. The molecule has 2 unspecified atom stereocenters. The van der Waals surface area contributed by atoms with Crippen molar-refractivity contribution in [1.29, 1.82) is 0 Å². The molecule has 1 aromatic rings. The number of nitrogens with one attached hydrogen (secondary N) is 2. The lowest BCUT2D eigenvalue weighted by atomic mass is 9.93. The summed E-state index contributed by atoms with van der Waals surface area (Å²) >= 11 is 0. The number of aromatic nitrogens is 2. The Morgan fingerprint density at radius 2 is 2.35 bits per heavy atom. The van der Waals surface area contributed by atoms with Crippen LogP contribution in [-0.4, -0.2) is 22.0 Å². The fraction of sp³-hybridized carbons (Fsp3) is 0.250. The van der Waals surface area contributed by atoms with Crippen molar-refractivity contribution in [3.8, 4) is 0 Å². The van der Waals surface area contributed by atoms with E-state index in [-0.39, 0.29) is 0 Å². The molecule has 2 atom stereocenters. The number of nitrogens with two attached hydrogens (primary N) is 1. The van der Waals surface area contributed by atoms with Gasteiger partial charge in [0.25, 0.3) is 0 Å². The SMILES string of the molecule is CC1=CC=CC2NC=C(c3cnn(N)c3)NC12. The summed E-state index contributed by atoms with van der Waals surface area (Å²) in [6, 6.07) is 0.609. The van der Waals surface area contributed by atoms with E-state index in [2.05, 4.69) is 40.9 Å². The van der Waals surface area contributed by atoms with Crippen LogP contribution in [0.2, 0.25) is 0 Å². The molecule has 1 aromatic heterocycles. The topological polar surface area (TPSA) is 67.9 Å². The van der Waals surface area contributed by atoms with Gasteiger partial charge in [-0.15, -0.1) is 0 Å². The average molecular weight is 229 g/mol. The van der Waals surface area contributed by atoms with Crippen molar-refractivity contribution in [3.63, 3.8) is 0 Å². The van der Waals surface area contributed by atoms with E-state index < -0.39 is 0 Å². The zero-order chi connectivity index (χ0) is 11.8. The number of fused-ring (bicyclic) bond motifs is 1. The van der Waals surface area contributed by atoms with E-state index in [0.29, 0.717) is 12.1 Å². The van der Waals surface area contributed by atoms with Gasteiger partial charge in [-0.05, 0) is 12.5 Å². The molecule has 5 heteroatoms. The van der Waals surface area contributed by atoms with Crippen molar-refractivity contribution in [2.24, 2.45) is 0 Å². The molecule has 0 aromatic carbocycles. The van der Waals surface area contributed by atoms with Crippen LogP contribution in [0.25, 0.3) is 5.70 Å². The summed E-state index contributed by atoms with van der Waals surface area (Å²) in [5.74, 6) is 5.55. The quantitative estimate of drug-likeness (QED) is 0.608. The molecule has 88 valence electrons. The van der Waals surface area contributed by atoms with E-state index in [4.69, 9.17) is 5.84 Å². The van der Waals surface area contributed by atoms with E-state index >= 15 is 0 Å². The van der Waals surface area contributed by atoms with E-state index in [1.54, 1.807) is 12.4 Å². The third-order valence-electron chi connectivity index (χ3n) is 3.17. The zero-order valence-electron chi connectivity index (χ0n) is 9.59. The molecule has 0 fully saturated rings. The van der Waals surface area contributed by atoms with Crippen LogP contribution in [0.1, 0.15) is 12.5 Å². The number of hydrogen-bond acceptors (Lipinski definition) is 4. The van der Waals surface area contributed by atoms with Crippen LogP contribution in [0.15, 0.2) is 42.4 Å². The smallest absolute Gasteiger partial charge is 0.0712 e. The lowest BCUT2D eigenvalue weighted by Crippen LogP contribution is -2.50. The molecule has 0 radical (unpaired) electrons. The molecule has 0 amide bonds. The summed E-state index contributed by atoms with van der Waals surface area (Å²) in [4.78, 5) is 1.31. The number of allylic oxidation sites excluding steroid dienone is 2. The van der Waals surface area contributed by atoms with Crippen molar-refractivity contribution in [2.45, 2.75) is 19.0 Å². The van der Waals surface area contributed by atoms with Crippen LogP contribution in [0, 0.1) is 0 Å². The van der Waals surface area contributed by atoms with Gasteiger partial charge in [0.05, 0.1) is 30.2 Å². The van der Waals surface area contributed by atoms with Gasteiger partial charge in [-0.25, -0.2) is 0 Å². The predicted molar refractivity (Wildman–Crippen MR) is 67.1 cm³/mol. The van der Waals surface area contributed by atoms with Gasteiger partial charge in [-0.1, -0.05) is 18.2 Å². The summed E-state index contributed by atoms with van der Waals surface area (Å²) in [5.41, 5.74) is 3.32. The standard InChI is InChI=1S/C12H15N5/c1-8-3-2-4-10-12(8)16-11(6-14-10)9-5-15-17(13)7-9/h2-7,10,12,14,16H,13H2,1H3. The molecule has 2 heterocycles. The van der Waals surface area contributed by atoms with E-state index in [1.807, 2.05) is 6.20 Å². The Morgan fingerprint density at radius 3 is 3.12 bits per heavy atom. The second-order valence-electron chi connectivity index (χ2n) is 4.38. The Labute approximate surface area is 99.7 Å². The first-order valence-electron chi connectivity index (χ1n) is 5.62. The Balaban J connectivity index is 1.88. The normalized spacial score (nSPS) is 26.4. The molecule has 0 spiro atoms. The Morgan fingerprint density at radius 1 is 1.47 bits per heavy atom. The van der Waals surface area contributed by atoms with E-state index in [1.165, 1.54) is 10.4 Å². The van der Waals surface area contributed by atoms with Gasteiger partial charge in [-0.2, -0.15) is 9.89 Å². The highest BCUT2D eigenvalue weighted by molar-refractivity contribution is 5.64. The summed E-state index contributed by atoms with van der Waals surface area (Å²) in [6.45, 7) is 2.13. The van der Waals surface area contributed by atoms with Gasteiger partial charge in [0.15, 0.2) is 0 Å². The largest absolute Gasteiger partial charge is 0.381 e. The van der Waals surface area contributed by atoms with Crippen molar-refractivity contribution in [1.82, 2.24) is 20.5 Å². The maximum atomic E-state index is 5.55. The highest BCUT2D eigenvalue weighted by Crippen LogP contribution is 2.21. The number of nitrogen functional groups attached to an aromatic ring is 1. The Kier molecular flexibility index (Phi) is 2.18. The lowest BCUT2D eigenvalue weighted by molar-refractivity contribution is 0.523. The van der Waals surface area contributed by atoms with Crippen molar-refractivity contribution < 1.29 is 0 Å². The monoisotopic (exact) mass is 229 g/mol. The van der Waals surface area contributed by atoms with Crippen LogP contribution in [0.4, 0.5) is 0 Å². The molecule has 1 aliphatic carbocycles. The molecule has 4 N–H and O–H groups in total. The molecule has 2 aliphatic rings. The summed E-state index contributed by atoms with van der Waals surface area (Å²) in [6.07, 6.45) is 11.9. The first-order chi connectivity index (χ1) is 8.24. The zero-order valence-corrected chi connectivity index (χ0v) is 9.59. The summed E-state index contributed by atoms with van der Waals surface area (Å²) in [5, 5.41) is 10.9. The van der Waals surface area contributed by atoms with Crippen molar-refractivity contribution >= 4 is 5.70 Å². The van der Waals surface area contributed by atoms with Gasteiger partial charge >= 0.3 is 0 Å². The third-order valence-corrected chi connectivity index (χ3v) is 3.17. The van der Waals surface area contributed by atoms with Crippen LogP contribution in [-0.2, 0) is 0 Å². The maximum Gasteiger partial charge on any atom is 0.0712 e. The minimum absolute atomic E-state index is 0.293. The molecule has 0 saturated heterocycles. The fourth-order valence-electron chi connectivity index (χ4n) is 2.21. The molecule has 3 rings (SSSR count). The van der Waals surface area contributed by atoms with Gasteiger partial charge in [0.1, 0.15) is 0 Å². The van der Waals surface area contributed by atoms with Crippen LogP contribution < -0.4 is 16.5 Å². The van der Waals surface area contributed by atoms with Gasteiger partial charge in [0.2, 0.25) is 0 Å². The van der Waals surface area contributed by atoms with E-state index in [9.17, 15) is 0 Å². The van der Waals surface area contributed by atoms with Crippen LogP contribution in [0.3, 0.4) is 0 Å². The molecule has 17 heavy (non-hydrogen) atoms. The minimum atomic E-state index is 0.293. The summed E-state index contributed by atoms with van der Waals surface area (Å²) < 4.78 is 0. The molecule has 5 nitrogen and oxygen atoms in total. The highest BCUT2D eigenvalue weighted by atomic mass is 15.5. The van der Waals surface area contributed by atoms with E-state index in [0.717, 1.165) is 11.3 Å². The number of nitrogens with zero attached hydrogens (tertiary/aromatic N) is 2. The van der Waals surface area contributed by atoms with Crippen molar-refractivity contribution in [2.75, 3.05) is 5.84 Å². The highest BCUT2D eigenvalue weighted by Gasteiger charge is 2.26. The average Bonchev–Trinajstić information content (AvgIpc) is 2.76. The van der Waals surface area contributed by atoms with Gasteiger partial charge < -0.3 is 16.5 Å². The molecule has 0 bridgehead atoms. The Hall–Kier alpha value is -2.17. The molecular formula is C12H15N5. The van der Waals surface area contributed by atoms with Gasteiger partial charge in [-0.3, -0.25) is 0 Å². The maximum absolute atomic E-state index is 5.55. The third kappa shape index (κ3) is 1.69. The predicted octanol–water partition coefficient (Wildman–Crippen LogP) is 0.341. The fourth-order valence-corrected chi connectivity index (χ4v) is 2.21. The van der Waals surface area contributed by atoms with Crippen molar-refractivity contribution in [3.05, 3.63) is 48.0 Å². The second-order valence-corrected chi connectivity index (χ2v) is 4.38. The number of rotatable bonds is 1. The molecular weight excluding hydrogens is 214 g/mol. The second kappa shape index (κ2) is 3.69. The van der Waals surface area contributed by atoms with Crippen LogP contribution >= 0.6 is 0 Å². The first kappa shape index (κ1) is 10.0. The Bertz CT molecular complexity index is 523.